The van der Waals surface area contributed by atoms with E-state index < -0.39 is 22.0 Å². The Balaban J connectivity index is 1.68. The largest absolute Gasteiger partial charge is 0.458 e. The maximum atomic E-state index is 12.8. The van der Waals surface area contributed by atoms with E-state index in [-0.39, 0.29) is 22.6 Å². The molecule has 166 valence electrons. The number of nitrogens with one attached hydrogen (secondary N) is 3. The highest BCUT2D eigenvalue weighted by Gasteiger charge is 2.29. The number of carbonyl (C=O) groups is 2. The van der Waals surface area contributed by atoms with Crippen LogP contribution >= 0.6 is 22.7 Å². The van der Waals surface area contributed by atoms with Gasteiger partial charge in [0.25, 0.3) is 10.0 Å². The topological polar surface area (TPSA) is 130 Å². The monoisotopic (exact) mass is 482 g/mol. The standard InChI is InChI=1S/C19H22N4O5S3/c1-11(2)17(23-31(26,27)16-5-4-8-29-16)18(25)22-19-21-14(10-30-19)15-7-6-13(28-15)9-20-12(3)24/h4-8,10-11,17,23H,9H2,1-3H3,(H,20,24)(H,21,22,25)/t17-/m0/s1. The molecular formula is C19H22N4O5S3. The van der Waals surface area contributed by atoms with Crippen molar-refractivity contribution in [2.24, 2.45) is 5.92 Å². The van der Waals surface area contributed by atoms with Gasteiger partial charge < -0.3 is 15.1 Å². The lowest BCUT2D eigenvalue weighted by molar-refractivity contribution is -0.119. The minimum Gasteiger partial charge on any atom is -0.458 e. The molecule has 3 heterocycles. The average Bonchev–Trinajstić information content (AvgIpc) is 3.45. The van der Waals surface area contributed by atoms with Gasteiger partial charge in [-0.1, -0.05) is 19.9 Å². The fourth-order valence-electron chi connectivity index (χ4n) is 2.58. The second kappa shape index (κ2) is 9.73. The molecule has 3 N–H and O–H groups in total. The number of amides is 2. The van der Waals surface area contributed by atoms with E-state index >= 15 is 0 Å². The highest BCUT2D eigenvalue weighted by Crippen LogP contribution is 2.27. The van der Waals surface area contributed by atoms with Crippen molar-refractivity contribution in [2.45, 2.75) is 37.6 Å². The summed E-state index contributed by atoms with van der Waals surface area (Å²) in [4.78, 5) is 28.1. The quantitative estimate of drug-likeness (QED) is 0.430. The smallest absolute Gasteiger partial charge is 0.250 e. The number of anilines is 1. The number of thiophene rings is 1. The van der Waals surface area contributed by atoms with Gasteiger partial charge >= 0.3 is 0 Å². The van der Waals surface area contributed by atoms with Crippen LogP contribution in [0.15, 0.2) is 43.7 Å². The van der Waals surface area contributed by atoms with Gasteiger partial charge in [-0.05, 0) is 29.5 Å². The minimum atomic E-state index is -3.80. The van der Waals surface area contributed by atoms with E-state index in [9.17, 15) is 18.0 Å². The molecule has 3 rings (SSSR count). The first-order valence-corrected chi connectivity index (χ1v) is 12.6. The van der Waals surface area contributed by atoms with E-state index in [4.69, 9.17) is 4.42 Å². The maximum absolute atomic E-state index is 12.8. The highest BCUT2D eigenvalue weighted by molar-refractivity contribution is 7.91. The summed E-state index contributed by atoms with van der Waals surface area (Å²) in [5, 5.41) is 9.02. The van der Waals surface area contributed by atoms with Crippen LogP contribution in [0.3, 0.4) is 0 Å². The summed E-state index contributed by atoms with van der Waals surface area (Å²) < 4.78 is 33.3. The second-order valence-corrected chi connectivity index (χ2v) is 10.7. The van der Waals surface area contributed by atoms with Crippen LogP contribution in [0.4, 0.5) is 5.13 Å². The Bertz CT molecular complexity index is 1150. The summed E-state index contributed by atoms with van der Waals surface area (Å²) in [6.07, 6.45) is 0. The van der Waals surface area contributed by atoms with Gasteiger partial charge in [0.2, 0.25) is 11.8 Å². The van der Waals surface area contributed by atoms with Crippen molar-refractivity contribution in [3.8, 4) is 11.5 Å². The number of carbonyl (C=O) groups excluding carboxylic acids is 2. The van der Waals surface area contributed by atoms with Gasteiger partial charge in [-0.25, -0.2) is 13.4 Å². The van der Waals surface area contributed by atoms with Gasteiger partial charge in [-0.15, -0.1) is 22.7 Å². The molecule has 31 heavy (non-hydrogen) atoms. The fourth-order valence-corrected chi connectivity index (χ4v) is 5.64. The minimum absolute atomic E-state index is 0.148. The molecule has 1 atom stereocenters. The molecule has 0 aromatic carbocycles. The third-order valence-corrected chi connectivity index (χ3v) is 7.75. The second-order valence-electron chi connectivity index (χ2n) is 6.98. The fraction of sp³-hybridized carbons (Fsp3) is 0.316. The zero-order chi connectivity index (χ0) is 22.6. The van der Waals surface area contributed by atoms with Gasteiger partial charge in [0.1, 0.15) is 21.7 Å². The number of hydrogen-bond acceptors (Lipinski definition) is 8. The number of thiazole rings is 1. The summed E-state index contributed by atoms with van der Waals surface area (Å²) in [6, 6.07) is 5.61. The molecule has 2 amide bonds. The highest BCUT2D eigenvalue weighted by atomic mass is 32.2. The Kier molecular flexibility index (Phi) is 7.26. The summed E-state index contributed by atoms with van der Waals surface area (Å²) in [5.74, 6) is 0.131. The summed E-state index contributed by atoms with van der Waals surface area (Å²) in [5.41, 5.74) is 0.523. The van der Waals surface area contributed by atoms with Gasteiger partial charge in [0.15, 0.2) is 10.9 Å². The van der Waals surface area contributed by atoms with Crippen LogP contribution in [0.5, 0.6) is 0 Å². The van der Waals surface area contributed by atoms with E-state index in [0.29, 0.717) is 22.3 Å². The van der Waals surface area contributed by atoms with Crippen molar-refractivity contribution >= 4 is 49.6 Å². The average molecular weight is 483 g/mol. The zero-order valence-corrected chi connectivity index (χ0v) is 19.5. The molecule has 3 aromatic rings. The van der Waals surface area contributed by atoms with E-state index in [1.54, 1.807) is 42.8 Å². The van der Waals surface area contributed by atoms with Crippen LogP contribution in [-0.2, 0) is 26.2 Å². The zero-order valence-electron chi connectivity index (χ0n) is 17.0. The van der Waals surface area contributed by atoms with Gasteiger partial charge in [0.05, 0.1) is 6.54 Å². The molecule has 0 radical (unpaired) electrons. The third-order valence-electron chi connectivity index (χ3n) is 4.15. The number of sulfonamides is 1. The third kappa shape index (κ3) is 6.00. The molecule has 0 fully saturated rings. The number of rotatable bonds is 9. The molecule has 0 aliphatic heterocycles. The van der Waals surface area contributed by atoms with Crippen molar-refractivity contribution in [1.29, 1.82) is 0 Å². The Morgan fingerprint density at radius 2 is 1.97 bits per heavy atom. The molecule has 9 nitrogen and oxygen atoms in total. The van der Waals surface area contributed by atoms with Crippen LogP contribution in [0, 0.1) is 5.92 Å². The Morgan fingerprint density at radius 3 is 2.61 bits per heavy atom. The number of furan rings is 1. The molecule has 0 aliphatic rings. The Hall–Kier alpha value is -2.54. The van der Waals surface area contributed by atoms with Crippen molar-refractivity contribution in [2.75, 3.05) is 5.32 Å². The molecule has 0 saturated heterocycles. The maximum Gasteiger partial charge on any atom is 0.250 e. The van der Waals surface area contributed by atoms with Gasteiger partial charge in [0, 0.05) is 12.3 Å². The number of hydrogen-bond donors (Lipinski definition) is 3. The van der Waals surface area contributed by atoms with Crippen LogP contribution < -0.4 is 15.4 Å². The van der Waals surface area contributed by atoms with Crippen LogP contribution in [0.2, 0.25) is 0 Å². The molecule has 0 bridgehead atoms. The first kappa shape index (κ1) is 23.1. The summed E-state index contributed by atoms with van der Waals surface area (Å²) >= 11 is 2.28. The van der Waals surface area contributed by atoms with Gasteiger partial charge in [-0.3, -0.25) is 9.59 Å². The van der Waals surface area contributed by atoms with Crippen LogP contribution in [-0.4, -0.2) is 31.3 Å². The Morgan fingerprint density at radius 1 is 1.19 bits per heavy atom. The summed E-state index contributed by atoms with van der Waals surface area (Å²) in [7, 11) is -3.80. The molecule has 3 aromatic heterocycles. The van der Waals surface area contributed by atoms with Crippen molar-refractivity contribution < 1.29 is 22.4 Å². The normalized spacial score (nSPS) is 12.6. The predicted octanol–water partition coefficient (Wildman–Crippen LogP) is 3.04. The molecule has 0 saturated carbocycles. The lowest BCUT2D eigenvalue weighted by Gasteiger charge is -2.20. The SMILES string of the molecule is CC(=O)NCc1ccc(-c2csc(NC(=O)[C@@H](NS(=O)(=O)c3cccs3)C(C)C)n2)o1. The first-order chi connectivity index (χ1) is 14.7. The number of nitrogens with zero attached hydrogens (tertiary/aromatic N) is 1. The van der Waals surface area contributed by atoms with E-state index in [1.165, 1.54) is 24.3 Å². The summed E-state index contributed by atoms with van der Waals surface area (Å²) in [6.45, 7) is 5.20. The van der Waals surface area contributed by atoms with E-state index in [1.807, 2.05) is 0 Å². The van der Waals surface area contributed by atoms with Crippen LogP contribution in [0.1, 0.15) is 26.5 Å². The Labute approximate surface area is 187 Å². The lowest BCUT2D eigenvalue weighted by atomic mass is 10.1. The predicted molar refractivity (Wildman–Crippen MR) is 119 cm³/mol. The van der Waals surface area contributed by atoms with Crippen molar-refractivity contribution in [3.05, 3.63) is 40.8 Å². The lowest BCUT2D eigenvalue weighted by Crippen LogP contribution is -2.46. The van der Waals surface area contributed by atoms with Gasteiger partial charge in [-0.2, -0.15) is 4.72 Å². The van der Waals surface area contributed by atoms with Crippen LogP contribution in [0.25, 0.3) is 11.5 Å². The molecule has 12 heteroatoms. The van der Waals surface area contributed by atoms with E-state index in [2.05, 4.69) is 20.3 Å². The molecule has 0 aliphatic carbocycles. The molecular weight excluding hydrogens is 460 g/mol. The van der Waals surface area contributed by atoms with Crippen molar-refractivity contribution in [3.63, 3.8) is 0 Å². The molecule has 0 unspecified atom stereocenters. The first-order valence-electron chi connectivity index (χ1n) is 9.31. The van der Waals surface area contributed by atoms with E-state index in [0.717, 1.165) is 11.3 Å². The van der Waals surface area contributed by atoms with Crippen molar-refractivity contribution in [1.82, 2.24) is 15.0 Å². The number of aromatic nitrogens is 1. The molecule has 0 spiro atoms.